The molecular weight excluding hydrogens is 346 g/mol. The van der Waals surface area contributed by atoms with Gasteiger partial charge in [0, 0.05) is 23.5 Å². The number of fused-ring (bicyclic) bond motifs is 3. The molecule has 1 atom stereocenters. The van der Waals surface area contributed by atoms with Crippen LogP contribution in [0.1, 0.15) is 41.2 Å². The molecule has 136 valence electrons. The summed E-state index contributed by atoms with van der Waals surface area (Å²) in [6.07, 6.45) is 3.58. The van der Waals surface area contributed by atoms with Crippen molar-refractivity contribution >= 4 is 17.2 Å². The largest absolute Gasteiger partial charge is 0.493 e. The molecule has 3 aliphatic rings. The fraction of sp³-hybridized carbons (Fsp3) is 0.476. The van der Waals surface area contributed by atoms with Crippen molar-refractivity contribution in [2.75, 3.05) is 26.3 Å². The summed E-state index contributed by atoms with van der Waals surface area (Å²) in [6.45, 7) is 2.96. The summed E-state index contributed by atoms with van der Waals surface area (Å²) < 4.78 is 12.0. The first kappa shape index (κ1) is 16.3. The predicted molar refractivity (Wildman–Crippen MR) is 101 cm³/mol. The van der Waals surface area contributed by atoms with Crippen molar-refractivity contribution in [3.8, 4) is 5.75 Å². The number of likely N-dealkylation sites (tertiary alicyclic amines) is 1. The van der Waals surface area contributed by atoms with Crippen LogP contribution in [0, 0.1) is 0 Å². The molecule has 26 heavy (non-hydrogen) atoms. The zero-order valence-electron chi connectivity index (χ0n) is 14.8. The van der Waals surface area contributed by atoms with Gasteiger partial charge in [-0.25, -0.2) is 0 Å². The van der Waals surface area contributed by atoms with Crippen molar-refractivity contribution in [3.05, 3.63) is 51.7 Å². The third-order valence-electron chi connectivity index (χ3n) is 6.05. The third kappa shape index (κ3) is 2.57. The lowest BCUT2D eigenvalue weighted by atomic mass is 9.84. The molecule has 5 heteroatoms. The molecule has 0 bridgehead atoms. The van der Waals surface area contributed by atoms with E-state index in [2.05, 4.69) is 11.4 Å². The highest BCUT2D eigenvalue weighted by Gasteiger charge is 2.43. The first-order valence-electron chi connectivity index (χ1n) is 9.48. The lowest BCUT2D eigenvalue weighted by Crippen LogP contribution is -2.49. The Morgan fingerprint density at radius 3 is 2.88 bits per heavy atom. The molecule has 0 saturated carbocycles. The number of carbonyl (C=O) groups excluding carboxylic acids is 1. The van der Waals surface area contributed by atoms with E-state index in [4.69, 9.17) is 9.47 Å². The molecule has 1 fully saturated rings. The summed E-state index contributed by atoms with van der Waals surface area (Å²) in [7, 11) is 0. The fourth-order valence-corrected chi connectivity index (χ4v) is 5.80. The van der Waals surface area contributed by atoms with Crippen LogP contribution in [0.4, 0.5) is 0 Å². The summed E-state index contributed by atoms with van der Waals surface area (Å²) in [5.74, 6) is 1.04. The minimum Gasteiger partial charge on any atom is -0.493 e. The average molecular weight is 369 g/mol. The van der Waals surface area contributed by atoms with Crippen molar-refractivity contribution in [3.63, 3.8) is 0 Å². The van der Waals surface area contributed by atoms with Gasteiger partial charge in [0.05, 0.1) is 19.1 Å². The second kappa shape index (κ2) is 6.39. The van der Waals surface area contributed by atoms with E-state index in [9.17, 15) is 4.79 Å². The van der Waals surface area contributed by atoms with Crippen LogP contribution < -0.4 is 4.74 Å². The average Bonchev–Trinajstić information content (AvgIpc) is 3.18. The molecule has 0 N–H and O–H groups in total. The van der Waals surface area contributed by atoms with E-state index < -0.39 is 0 Å². The zero-order chi connectivity index (χ0) is 17.6. The summed E-state index contributed by atoms with van der Waals surface area (Å²) in [4.78, 5) is 16.7. The molecule has 2 aromatic rings. The van der Waals surface area contributed by atoms with E-state index in [-0.39, 0.29) is 17.4 Å². The van der Waals surface area contributed by atoms with Crippen LogP contribution in [0.25, 0.3) is 0 Å². The smallest absolute Gasteiger partial charge is 0.230 e. The minimum absolute atomic E-state index is 0.0708. The first-order valence-corrected chi connectivity index (χ1v) is 10.4. The van der Waals surface area contributed by atoms with E-state index in [1.807, 2.05) is 40.5 Å². The van der Waals surface area contributed by atoms with Gasteiger partial charge in [0.2, 0.25) is 5.91 Å². The third-order valence-corrected chi connectivity index (χ3v) is 7.19. The van der Waals surface area contributed by atoms with Crippen LogP contribution in [0.15, 0.2) is 35.7 Å². The molecule has 1 aromatic heterocycles. The molecule has 0 radical (unpaired) electrons. The lowest BCUT2D eigenvalue weighted by Gasteiger charge is -2.44. The second-order valence-electron chi connectivity index (χ2n) is 7.42. The normalized spacial score (nSPS) is 23.8. The Bertz CT molecular complexity index is 822. The molecular formula is C21H23NO3S. The van der Waals surface area contributed by atoms with Crippen LogP contribution in [0.5, 0.6) is 5.75 Å². The van der Waals surface area contributed by atoms with E-state index in [0.717, 1.165) is 56.7 Å². The van der Waals surface area contributed by atoms with E-state index >= 15 is 0 Å². The maximum atomic E-state index is 13.2. The molecule has 4 nitrogen and oxygen atoms in total. The second-order valence-corrected chi connectivity index (χ2v) is 8.34. The number of benzene rings is 1. The SMILES string of the molecule is O=C(C1CCOc2ccccc21)N1CCC2(CC1)OCCc1ccsc12. The fourth-order valence-electron chi connectivity index (χ4n) is 4.63. The number of nitrogens with zero attached hydrogens (tertiary/aromatic N) is 1. The Kier molecular flexibility index (Phi) is 4.02. The number of hydrogen-bond acceptors (Lipinski definition) is 4. The van der Waals surface area contributed by atoms with Gasteiger partial charge >= 0.3 is 0 Å². The highest BCUT2D eigenvalue weighted by atomic mass is 32.1. The van der Waals surface area contributed by atoms with Gasteiger partial charge in [-0.05, 0) is 48.8 Å². The number of para-hydroxylation sites is 1. The standard InChI is InChI=1S/C21H23NO3S/c23-20(17-6-12-24-18-4-2-1-3-16(17)18)22-10-8-21(9-11-22)19-15(5-13-25-21)7-14-26-19/h1-4,7,14,17H,5-6,8-13H2. The highest BCUT2D eigenvalue weighted by molar-refractivity contribution is 7.10. The van der Waals surface area contributed by atoms with Crippen LogP contribution in [0.3, 0.4) is 0 Å². The van der Waals surface area contributed by atoms with Crippen molar-refractivity contribution in [2.45, 2.75) is 37.2 Å². The molecule has 1 amide bonds. The Hall–Kier alpha value is -1.85. The van der Waals surface area contributed by atoms with Crippen LogP contribution in [0.2, 0.25) is 0 Å². The topological polar surface area (TPSA) is 38.8 Å². The molecule has 1 unspecified atom stereocenters. The molecule has 3 aliphatic heterocycles. The van der Waals surface area contributed by atoms with Crippen LogP contribution in [-0.4, -0.2) is 37.1 Å². The number of carbonyl (C=O) groups is 1. The van der Waals surface area contributed by atoms with Gasteiger partial charge in [-0.2, -0.15) is 0 Å². The monoisotopic (exact) mass is 369 g/mol. The lowest BCUT2D eigenvalue weighted by molar-refractivity contribution is -0.142. The van der Waals surface area contributed by atoms with E-state index in [0.29, 0.717) is 6.61 Å². The van der Waals surface area contributed by atoms with E-state index in [1.54, 1.807) is 0 Å². The predicted octanol–water partition coefficient (Wildman–Crippen LogP) is 3.70. The van der Waals surface area contributed by atoms with Crippen molar-refractivity contribution in [2.24, 2.45) is 0 Å². The maximum Gasteiger partial charge on any atom is 0.230 e. The Labute approximate surface area is 157 Å². The number of amides is 1. The molecule has 1 aromatic carbocycles. The summed E-state index contributed by atoms with van der Waals surface area (Å²) in [6, 6.07) is 10.2. The number of thiophene rings is 1. The quantitative estimate of drug-likeness (QED) is 0.769. The van der Waals surface area contributed by atoms with Crippen molar-refractivity contribution in [1.82, 2.24) is 4.90 Å². The number of rotatable bonds is 1. The van der Waals surface area contributed by atoms with Gasteiger partial charge in [0.25, 0.3) is 0 Å². The number of ether oxygens (including phenoxy) is 2. The van der Waals surface area contributed by atoms with Crippen molar-refractivity contribution < 1.29 is 14.3 Å². The van der Waals surface area contributed by atoms with Crippen LogP contribution >= 0.6 is 11.3 Å². The Morgan fingerprint density at radius 1 is 1.15 bits per heavy atom. The van der Waals surface area contributed by atoms with Gasteiger partial charge in [-0.15, -0.1) is 11.3 Å². The van der Waals surface area contributed by atoms with E-state index in [1.165, 1.54) is 10.4 Å². The van der Waals surface area contributed by atoms with Gasteiger partial charge in [0.15, 0.2) is 0 Å². The Morgan fingerprint density at radius 2 is 2.00 bits per heavy atom. The van der Waals surface area contributed by atoms with Crippen LogP contribution in [-0.2, 0) is 21.6 Å². The summed E-state index contributed by atoms with van der Waals surface area (Å²) in [5.41, 5.74) is 2.32. The molecule has 5 rings (SSSR count). The van der Waals surface area contributed by atoms with Gasteiger partial charge < -0.3 is 14.4 Å². The number of hydrogen-bond donors (Lipinski definition) is 0. The minimum atomic E-state index is -0.161. The highest BCUT2D eigenvalue weighted by Crippen LogP contribution is 2.45. The summed E-state index contributed by atoms with van der Waals surface area (Å²) in [5, 5.41) is 2.18. The Balaban J connectivity index is 1.33. The van der Waals surface area contributed by atoms with Gasteiger partial charge in [0.1, 0.15) is 11.4 Å². The van der Waals surface area contributed by atoms with Gasteiger partial charge in [-0.1, -0.05) is 18.2 Å². The molecule has 0 aliphatic carbocycles. The number of piperidine rings is 1. The molecule has 4 heterocycles. The maximum absolute atomic E-state index is 13.2. The van der Waals surface area contributed by atoms with Crippen molar-refractivity contribution in [1.29, 1.82) is 0 Å². The summed E-state index contributed by atoms with van der Waals surface area (Å²) >= 11 is 1.81. The molecule has 1 spiro atoms. The first-order chi connectivity index (χ1) is 12.8. The zero-order valence-corrected chi connectivity index (χ0v) is 15.6. The molecule has 1 saturated heterocycles. The van der Waals surface area contributed by atoms with Gasteiger partial charge in [-0.3, -0.25) is 4.79 Å².